The van der Waals surface area contributed by atoms with Crippen LogP contribution in [0.4, 0.5) is 0 Å². The third kappa shape index (κ3) is 0.766. The molecule has 0 aromatic rings. The second-order valence-electron chi connectivity index (χ2n) is 8.86. The Hall–Kier alpha value is -1.71. The quantitative estimate of drug-likeness (QED) is 0.572. The lowest BCUT2D eigenvalue weighted by Crippen LogP contribution is -2.75. The molecule has 0 radical (unpaired) electrons. The minimum absolute atomic E-state index is 0.00608. The van der Waals surface area contributed by atoms with Crippen molar-refractivity contribution in [3.05, 3.63) is 23.8 Å². The number of carbonyl (C=O) groups is 3. The normalized spacial score (nSPS) is 61.5. The highest BCUT2D eigenvalue weighted by Gasteiger charge is 2.98. The first kappa shape index (κ1) is 12.6. The van der Waals surface area contributed by atoms with Crippen molar-refractivity contribution in [2.75, 3.05) is 6.61 Å². The zero-order chi connectivity index (χ0) is 16.2. The van der Waals surface area contributed by atoms with Crippen molar-refractivity contribution >= 4 is 17.5 Å². The lowest BCUT2D eigenvalue weighted by atomic mass is 9.29. The smallest absolute Gasteiger partial charge is 0.334 e. The van der Waals surface area contributed by atoms with Crippen LogP contribution in [0.25, 0.3) is 0 Å². The molecule has 8 unspecified atom stereocenters. The molecule has 0 N–H and O–H groups in total. The predicted molar refractivity (Wildman–Crippen MR) is 81.3 cm³/mol. The Morgan fingerprint density at radius 3 is 2.50 bits per heavy atom. The van der Waals surface area contributed by atoms with Crippen LogP contribution in [-0.4, -0.2) is 24.1 Å². The van der Waals surface area contributed by atoms with Gasteiger partial charge in [0.15, 0.2) is 0 Å². The van der Waals surface area contributed by atoms with Crippen molar-refractivity contribution in [3.8, 4) is 0 Å². The number of ether oxygens (including phenoxy) is 1. The van der Waals surface area contributed by atoms with Gasteiger partial charge in [-0.2, -0.15) is 0 Å². The van der Waals surface area contributed by atoms with Crippen molar-refractivity contribution in [1.29, 1.82) is 0 Å². The SMILES string of the molecule is CCOC(=O)C1=C[C@@H]2C=C[C@H]1C13C(=O)C4C5CC6C4C(=O)C21C6C53. The van der Waals surface area contributed by atoms with Gasteiger partial charge in [0, 0.05) is 29.2 Å². The molecule has 8 aliphatic carbocycles. The van der Waals surface area contributed by atoms with Crippen LogP contribution in [0, 0.1) is 58.2 Å². The van der Waals surface area contributed by atoms with Gasteiger partial charge in [0.05, 0.1) is 17.4 Å². The molecule has 0 aromatic carbocycles. The van der Waals surface area contributed by atoms with E-state index in [1.54, 1.807) is 6.92 Å². The molecule has 5 saturated carbocycles. The monoisotopic (exact) mass is 322 g/mol. The van der Waals surface area contributed by atoms with Crippen LogP contribution in [-0.2, 0) is 19.1 Å². The maximum absolute atomic E-state index is 13.5. The van der Waals surface area contributed by atoms with E-state index in [1.807, 2.05) is 6.08 Å². The molecule has 4 nitrogen and oxygen atoms in total. The summed E-state index contributed by atoms with van der Waals surface area (Å²) in [5.41, 5.74) is -0.452. The molecule has 24 heavy (non-hydrogen) atoms. The first-order chi connectivity index (χ1) is 11.6. The van der Waals surface area contributed by atoms with Gasteiger partial charge in [0.1, 0.15) is 11.6 Å². The minimum Gasteiger partial charge on any atom is -0.463 e. The fraction of sp³-hybridized carbons (Fsp3) is 0.650. The van der Waals surface area contributed by atoms with Crippen LogP contribution in [0.15, 0.2) is 23.8 Å². The van der Waals surface area contributed by atoms with Crippen LogP contribution >= 0.6 is 0 Å². The summed E-state index contributed by atoms with van der Waals surface area (Å²) in [5, 5.41) is 0. The molecule has 0 saturated heterocycles. The Morgan fingerprint density at radius 1 is 1.12 bits per heavy atom. The van der Waals surface area contributed by atoms with Gasteiger partial charge < -0.3 is 4.74 Å². The molecular formula is C20H18O4. The Morgan fingerprint density at radius 2 is 1.79 bits per heavy atom. The Kier molecular flexibility index (Phi) is 1.69. The second kappa shape index (κ2) is 3.21. The summed E-state index contributed by atoms with van der Waals surface area (Å²) in [5.74, 6) is 1.67. The Balaban J connectivity index is 1.52. The van der Waals surface area contributed by atoms with E-state index in [4.69, 9.17) is 4.74 Å². The van der Waals surface area contributed by atoms with Crippen LogP contribution in [0.1, 0.15) is 13.3 Å². The summed E-state index contributed by atoms with van der Waals surface area (Å²) in [6, 6.07) is 0. The zero-order valence-electron chi connectivity index (χ0n) is 13.4. The van der Waals surface area contributed by atoms with E-state index >= 15 is 0 Å². The Bertz CT molecular complexity index is 852. The third-order valence-corrected chi connectivity index (χ3v) is 9.05. The van der Waals surface area contributed by atoms with Gasteiger partial charge in [0.25, 0.3) is 0 Å². The van der Waals surface area contributed by atoms with E-state index < -0.39 is 10.8 Å². The molecule has 0 heterocycles. The third-order valence-electron chi connectivity index (χ3n) is 9.05. The van der Waals surface area contributed by atoms with Gasteiger partial charge in [-0.05, 0) is 37.0 Å². The largest absolute Gasteiger partial charge is 0.463 e. The molecule has 4 bridgehead atoms. The van der Waals surface area contributed by atoms with Crippen molar-refractivity contribution in [3.63, 3.8) is 0 Å². The van der Waals surface area contributed by atoms with Gasteiger partial charge in [-0.1, -0.05) is 18.2 Å². The lowest BCUT2D eigenvalue weighted by Gasteiger charge is -2.70. The number of fused-ring (bicyclic) bond motifs is 1. The summed E-state index contributed by atoms with van der Waals surface area (Å²) < 4.78 is 5.26. The van der Waals surface area contributed by atoms with E-state index in [0.717, 1.165) is 6.42 Å². The van der Waals surface area contributed by atoms with Gasteiger partial charge in [0.2, 0.25) is 0 Å². The highest BCUT2D eigenvalue weighted by molar-refractivity contribution is 6.14. The van der Waals surface area contributed by atoms with Gasteiger partial charge >= 0.3 is 5.97 Å². The number of rotatable bonds is 2. The van der Waals surface area contributed by atoms with Crippen molar-refractivity contribution < 1.29 is 19.1 Å². The summed E-state index contributed by atoms with van der Waals surface area (Å²) in [6.07, 6.45) is 7.20. The number of hydrogen-bond donors (Lipinski definition) is 0. The molecule has 0 amide bonds. The fourth-order valence-corrected chi connectivity index (χ4v) is 9.17. The molecular weight excluding hydrogens is 304 g/mol. The summed E-state index contributed by atoms with van der Waals surface area (Å²) in [7, 11) is 0. The summed E-state index contributed by atoms with van der Waals surface area (Å²) in [4.78, 5) is 39.5. The van der Waals surface area contributed by atoms with Gasteiger partial charge in [-0.25, -0.2) is 4.79 Å². The number of Topliss-reactive ketones (excluding diaryl/α,β-unsaturated/α-hetero) is 2. The molecule has 5 fully saturated rings. The predicted octanol–water partition coefficient (Wildman–Crippen LogP) is 1.56. The van der Waals surface area contributed by atoms with Crippen LogP contribution in [0.3, 0.4) is 0 Å². The number of hydrogen-bond acceptors (Lipinski definition) is 4. The maximum Gasteiger partial charge on any atom is 0.334 e. The van der Waals surface area contributed by atoms with E-state index in [1.165, 1.54) is 0 Å². The molecule has 8 rings (SSSR count). The van der Waals surface area contributed by atoms with Crippen LogP contribution in [0.5, 0.6) is 0 Å². The molecule has 0 aliphatic heterocycles. The first-order valence-corrected chi connectivity index (χ1v) is 9.27. The van der Waals surface area contributed by atoms with Crippen LogP contribution < -0.4 is 0 Å². The summed E-state index contributed by atoms with van der Waals surface area (Å²) >= 11 is 0. The molecule has 10 atom stereocenters. The van der Waals surface area contributed by atoms with E-state index in [0.29, 0.717) is 47.4 Å². The average molecular weight is 322 g/mol. The number of esters is 1. The average Bonchev–Trinajstić information content (AvgIpc) is 3.11. The number of ketones is 2. The van der Waals surface area contributed by atoms with Gasteiger partial charge in [-0.15, -0.1) is 0 Å². The van der Waals surface area contributed by atoms with Crippen molar-refractivity contribution in [2.45, 2.75) is 13.3 Å². The maximum atomic E-state index is 13.5. The lowest BCUT2D eigenvalue weighted by molar-refractivity contribution is -0.214. The number of allylic oxidation sites excluding steroid dienone is 3. The molecule has 0 aromatic heterocycles. The standard InChI is InChI=1S/C20H18O4/c1-2-24-18(23)8-5-7-3-4-11(8)20-15-10-6-9-12(13(10)17(20)22)16(21)19(7,20)14(9)15/h3-5,7,9-15H,2,6H2,1H3/t7-,9?,10?,11+,12?,13?,14?,15?,19?,20?/m0/s1. The van der Waals surface area contributed by atoms with Crippen molar-refractivity contribution in [2.24, 2.45) is 58.2 Å². The number of carbonyl (C=O) groups excluding carboxylic acids is 3. The summed E-state index contributed by atoms with van der Waals surface area (Å²) in [6.45, 7) is 2.14. The zero-order valence-corrected chi connectivity index (χ0v) is 13.4. The van der Waals surface area contributed by atoms with E-state index in [2.05, 4.69) is 12.2 Å². The van der Waals surface area contributed by atoms with E-state index in [9.17, 15) is 14.4 Å². The fourth-order valence-electron chi connectivity index (χ4n) is 9.17. The van der Waals surface area contributed by atoms with Crippen molar-refractivity contribution in [1.82, 2.24) is 0 Å². The molecule has 4 heteroatoms. The minimum atomic E-state index is -0.595. The molecule has 8 aliphatic rings. The first-order valence-electron chi connectivity index (χ1n) is 9.27. The second-order valence-corrected chi connectivity index (χ2v) is 8.86. The highest BCUT2D eigenvalue weighted by Crippen LogP contribution is 2.94. The Labute approximate surface area is 139 Å². The molecule has 122 valence electrons. The van der Waals surface area contributed by atoms with E-state index in [-0.39, 0.29) is 29.6 Å². The topological polar surface area (TPSA) is 60.4 Å². The molecule has 2 spiro atoms. The van der Waals surface area contributed by atoms with Gasteiger partial charge in [-0.3, -0.25) is 9.59 Å². The highest BCUT2D eigenvalue weighted by atomic mass is 16.5. The van der Waals surface area contributed by atoms with Crippen LogP contribution in [0.2, 0.25) is 0 Å².